The van der Waals surface area contributed by atoms with E-state index in [0.29, 0.717) is 22.6 Å². The first-order valence-electron chi connectivity index (χ1n) is 13.1. The maximum Gasteiger partial charge on any atom is 0.338 e. The quantitative estimate of drug-likeness (QED) is 0.170. The number of hydrogen-bond donors (Lipinski definition) is 0. The van der Waals surface area contributed by atoms with Gasteiger partial charge < -0.3 is 18.6 Å². The molecule has 1 atom stereocenters. The summed E-state index contributed by atoms with van der Waals surface area (Å²) in [6.45, 7) is 1.53. The van der Waals surface area contributed by atoms with Crippen LogP contribution in [0.1, 0.15) is 38.2 Å². The zero-order valence-corrected chi connectivity index (χ0v) is 24.1. The van der Waals surface area contributed by atoms with Crippen LogP contribution >= 0.6 is 0 Å². The summed E-state index contributed by atoms with van der Waals surface area (Å²) in [6, 6.07) is 29.0. The number of esters is 1. The summed E-state index contributed by atoms with van der Waals surface area (Å²) in [5.41, 5.74) is 2.38. The predicted octanol–water partition coefficient (Wildman–Crippen LogP) is 6.59. The first-order chi connectivity index (χ1) is 20.3. The lowest BCUT2D eigenvalue weighted by Crippen LogP contribution is -2.18. The number of aryl methyl sites for hydroxylation is 1. The molecule has 0 aliphatic heterocycles. The second kappa shape index (κ2) is 12.3. The van der Waals surface area contributed by atoms with Crippen molar-refractivity contribution in [1.29, 1.82) is 0 Å². The van der Waals surface area contributed by atoms with Gasteiger partial charge >= 0.3 is 5.97 Å². The average Bonchev–Trinajstić information content (AvgIpc) is 3.44. The van der Waals surface area contributed by atoms with E-state index in [1.54, 1.807) is 110 Å². The largest absolute Gasteiger partial charge is 0.497 e. The van der Waals surface area contributed by atoms with E-state index in [1.165, 1.54) is 7.11 Å². The van der Waals surface area contributed by atoms with Crippen LogP contribution in [0.3, 0.4) is 0 Å². The number of ether oxygens (including phenoxy) is 3. The van der Waals surface area contributed by atoms with Crippen LogP contribution in [-0.4, -0.2) is 33.6 Å². The fourth-order valence-electron chi connectivity index (χ4n) is 4.49. The Bertz CT molecular complexity index is 1800. The number of sulfone groups is 1. The van der Waals surface area contributed by atoms with E-state index in [0.717, 1.165) is 5.56 Å². The lowest BCUT2D eigenvalue weighted by atomic mass is 10.1. The summed E-state index contributed by atoms with van der Waals surface area (Å²) in [6.07, 6.45) is 0. The van der Waals surface area contributed by atoms with Crippen molar-refractivity contribution in [3.05, 3.63) is 131 Å². The van der Waals surface area contributed by atoms with E-state index < -0.39 is 21.1 Å². The topological polar surface area (TPSA) is 105 Å². The second-order valence-corrected chi connectivity index (χ2v) is 11.5. The molecule has 42 heavy (non-hydrogen) atoms. The molecule has 5 aromatic rings. The minimum Gasteiger partial charge on any atom is -0.497 e. The molecule has 9 heteroatoms. The molecule has 0 saturated heterocycles. The average molecular weight is 584 g/mol. The summed E-state index contributed by atoms with van der Waals surface area (Å²) >= 11 is 0. The third-order valence-corrected chi connectivity index (χ3v) is 8.74. The minimum atomic E-state index is -4.03. The Hall–Kier alpha value is -4.89. The van der Waals surface area contributed by atoms with Gasteiger partial charge in [-0.2, -0.15) is 0 Å². The van der Waals surface area contributed by atoms with Gasteiger partial charge in [0, 0.05) is 5.56 Å². The van der Waals surface area contributed by atoms with Crippen molar-refractivity contribution in [2.24, 2.45) is 0 Å². The van der Waals surface area contributed by atoms with Gasteiger partial charge in [0.1, 0.15) is 22.4 Å². The molecule has 0 saturated carbocycles. The van der Waals surface area contributed by atoms with E-state index >= 15 is 0 Å². The van der Waals surface area contributed by atoms with Crippen LogP contribution in [0.4, 0.5) is 0 Å². The molecule has 214 valence electrons. The molecule has 1 heterocycles. The Labute approximate surface area is 244 Å². The Morgan fingerprint density at radius 3 is 2.19 bits per heavy atom. The van der Waals surface area contributed by atoms with Crippen LogP contribution in [0.15, 0.2) is 112 Å². The van der Waals surface area contributed by atoms with E-state index in [1.807, 2.05) is 6.92 Å². The van der Waals surface area contributed by atoms with Gasteiger partial charge in [0.15, 0.2) is 22.2 Å². The summed E-state index contributed by atoms with van der Waals surface area (Å²) in [7, 11) is -0.984. The first-order valence-corrected chi connectivity index (χ1v) is 14.7. The SMILES string of the molecule is COc1cccc(C(=O)OCc2oc(-c3cccc(OC)c3)nc2C(c2ccccc2)S(=O)(=O)c2ccc(C)cc2)c1. The highest BCUT2D eigenvalue weighted by Gasteiger charge is 2.36. The molecule has 0 aliphatic carbocycles. The van der Waals surface area contributed by atoms with Crippen LogP contribution in [0, 0.1) is 6.92 Å². The first kappa shape index (κ1) is 28.6. The third-order valence-electron chi connectivity index (χ3n) is 6.69. The van der Waals surface area contributed by atoms with Crippen molar-refractivity contribution in [2.75, 3.05) is 14.2 Å². The molecule has 0 amide bonds. The van der Waals surface area contributed by atoms with Gasteiger partial charge in [-0.1, -0.05) is 60.2 Å². The lowest BCUT2D eigenvalue weighted by Gasteiger charge is -2.18. The zero-order valence-electron chi connectivity index (χ0n) is 23.3. The van der Waals surface area contributed by atoms with Crippen LogP contribution in [0.2, 0.25) is 0 Å². The Kier molecular flexibility index (Phi) is 8.40. The van der Waals surface area contributed by atoms with Crippen molar-refractivity contribution in [2.45, 2.75) is 23.7 Å². The second-order valence-electron chi connectivity index (χ2n) is 9.52. The molecule has 0 radical (unpaired) electrons. The molecule has 0 aliphatic rings. The van der Waals surface area contributed by atoms with Crippen LogP contribution in [0.25, 0.3) is 11.5 Å². The Balaban J connectivity index is 1.63. The van der Waals surface area contributed by atoms with Gasteiger partial charge in [0.25, 0.3) is 0 Å². The van der Waals surface area contributed by atoms with E-state index in [4.69, 9.17) is 23.6 Å². The zero-order chi connectivity index (χ0) is 29.7. The summed E-state index contributed by atoms with van der Waals surface area (Å²) in [5.74, 6) is 0.713. The highest BCUT2D eigenvalue weighted by molar-refractivity contribution is 7.91. The number of oxazole rings is 1. The van der Waals surface area contributed by atoms with Crippen LogP contribution in [-0.2, 0) is 21.2 Å². The van der Waals surface area contributed by atoms with Gasteiger partial charge in [-0.15, -0.1) is 0 Å². The lowest BCUT2D eigenvalue weighted by molar-refractivity contribution is 0.0444. The smallest absolute Gasteiger partial charge is 0.338 e. The summed E-state index contributed by atoms with van der Waals surface area (Å²) < 4.78 is 50.8. The maximum absolute atomic E-state index is 14.2. The van der Waals surface area contributed by atoms with Gasteiger partial charge in [-0.3, -0.25) is 0 Å². The Morgan fingerprint density at radius 2 is 1.50 bits per heavy atom. The number of rotatable bonds is 10. The molecule has 0 fully saturated rings. The van der Waals surface area contributed by atoms with Gasteiger partial charge in [-0.25, -0.2) is 18.2 Å². The molecule has 8 nitrogen and oxygen atoms in total. The minimum absolute atomic E-state index is 0.105. The molecule has 5 rings (SSSR count). The van der Waals surface area contributed by atoms with Crippen molar-refractivity contribution >= 4 is 15.8 Å². The fraction of sp³-hybridized carbons (Fsp3) is 0.152. The molecule has 0 N–H and O–H groups in total. The summed E-state index contributed by atoms with van der Waals surface area (Å²) in [4.78, 5) is 17.8. The number of nitrogens with zero attached hydrogens (tertiary/aromatic N) is 1. The highest BCUT2D eigenvalue weighted by Crippen LogP contribution is 2.39. The van der Waals surface area contributed by atoms with Crippen molar-refractivity contribution < 1.29 is 31.8 Å². The van der Waals surface area contributed by atoms with Crippen LogP contribution in [0.5, 0.6) is 11.5 Å². The maximum atomic E-state index is 14.2. The van der Waals surface area contributed by atoms with E-state index in [2.05, 4.69) is 0 Å². The van der Waals surface area contributed by atoms with E-state index in [-0.39, 0.29) is 34.4 Å². The van der Waals surface area contributed by atoms with E-state index in [9.17, 15) is 13.2 Å². The van der Waals surface area contributed by atoms with Gasteiger partial charge in [-0.05, 0) is 61.0 Å². The number of hydrogen-bond acceptors (Lipinski definition) is 8. The number of methoxy groups -OCH3 is 2. The van der Waals surface area contributed by atoms with Crippen molar-refractivity contribution in [3.8, 4) is 23.0 Å². The third kappa shape index (κ3) is 6.06. The molecular formula is C33H29NO7S. The van der Waals surface area contributed by atoms with Gasteiger partial charge in [0.05, 0.1) is 24.7 Å². The number of carbonyl (C=O) groups excluding carboxylic acids is 1. The number of carbonyl (C=O) groups is 1. The Morgan fingerprint density at radius 1 is 0.833 bits per heavy atom. The standard InChI is InChI=1S/C33H29NO7S/c1-22-15-17-28(18-16-22)42(36,37)31(23-9-5-4-6-10-23)30-29(21-40-33(35)25-12-8-14-27(20-25)39-3)41-32(34-30)24-11-7-13-26(19-24)38-2/h4-20,31H,21H2,1-3H3. The molecular weight excluding hydrogens is 554 g/mol. The monoisotopic (exact) mass is 583 g/mol. The molecule has 0 spiro atoms. The van der Waals surface area contributed by atoms with Crippen molar-refractivity contribution in [1.82, 2.24) is 4.98 Å². The molecule has 4 aromatic carbocycles. The van der Waals surface area contributed by atoms with Crippen LogP contribution < -0.4 is 9.47 Å². The number of benzene rings is 4. The molecule has 1 unspecified atom stereocenters. The highest BCUT2D eigenvalue weighted by atomic mass is 32.2. The van der Waals surface area contributed by atoms with Crippen molar-refractivity contribution in [3.63, 3.8) is 0 Å². The molecule has 0 bridgehead atoms. The number of aromatic nitrogens is 1. The molecule has 1 aromatic heterocycles. The normalized spacial score (nSPS) is 12.0. The summed E-state index contributed by atoms with van der Waals surface area (Å²) in [5, 5.41) is -1.24. The fourth-order valence-corrected chi connectivity index (χ4v) is 6.27. The van der Waals surface area contributed by atoms with Gasteiger partial charge in [0.2, 0.25) is 5.89 Å². The predicted molar refractivity (Wildman–Crippen MR) is 157 cm³/mol.